The van der Waals surface area contributed by atoms with E-state index in [2.05, 4.69) is 11.3 Å². The van der Waals surface area contributed by atoms with Gasteiger partial charge in [0, 0.05) is 11.6 Å². The molecule has 3 rings (SSSR count). The number of methoxy groups -OCH3 is 1. The van der Waals surface area contributed by atoms with Crippen molar-refractivity contribution < 1.29 is 27.5 Å². The number of nitrogens with zero attached hydrogens (tertiary/aromatic N) is 2. The highest BCUT2D eigenvalue weighted by molar-refractivity contribution is 7.89. The molecule has 0 aliphatic carbocycles. The number of carbonyl (C=O) groups excluding carboxylic acids is 3. The minimum atomic E-state index is -4.30. The maximum atomic E-state index is 13.3. The van der Waals surface area contributed by atoms with E-state index in [1.807, 2.05) is 0 Å². The lowest BCUT2D eigenvalue weighted by Crippen LogP contribution is -2.45. The largest absolute Gasteiger partial charge is 0.465 e. The first-order valence-corrected chi connectivity index (χ1v) is 11.4. The average Bonchev–Trinajstić information content (AvgIpc) is 3.06. The van der Waals surface area contributed by atoms with E-state index >= 15 is 0 Å². The van der Waals surface area contributed by atoms with Gasteiger partial charge in [0.25, 0.3) is 5.91 Å². The van der Waals surface area contributed by atoms with Crippen molar-refractivity contribution in [1.82, 2.24) is 4.31 Å². The van der Waals surface area contributed by atoms with E-state index in [1.165, 1.54) is 55.7 Å². The first-order valence-electron chi connectivity index (χ1n) is 9.24. The molecule has 1 aliphatic rings. The molecule has 2 amide bonds. The Kier molecular flexibility index (Phi) is 7.04. The number of carbonyl (C=O) groups is 3. The van der Waals surface area contributed by atoms with Crippen LogP contribution in [0, 0.1) is 0 Å². The summed E-state index contributed by atoms with van der Waals surface area (Å²) in [6.07, 6.45) is 0.935. The van der Waals surface area contributed by atoms with Gasteiger partial charge in [-0.2, -0.15) is 4.31 Å². The lowest BCUT2D eigenvalue weighted by Gasteiger charge is -2.26. The molecule has 32 heavy (non-hydrogen) atoms. The molecule has 11 heteroatoms. The van der Waals surface area contributed by atoms with Gasteiger partial charge < -0.3 is 4.74 Å². The highest BCUT2D eigenvalue weighted by Crippen LogP contribution is 2.33. The van der Waals surface area contributed by atoms with Crippen molar-refractivity contribution in [1.29, 1.82) is 0 Å². The first-order chi connectivity index (χ1) is 15.1. The normalized spacial score (nSPS) is 16.5. The molecule has 0 saturated carbocycles. The van der Waals surface area contributed by atoms with Crippen LogP contribution in [0.25, 0.3) is 0 Å². The van der Waals surface area contributed by atoms with E-state index in [-0.39, 0.29) is 39.2 Å². The van der Waals surface area contributed by atoms with Gasteiger partial charge in [-0.1, -0.05) is 29.3 Å². The summed E-state index contributed by atoms with van der Waals surface area (Å²) in [6.45, 7) is 3.32. The predicted molar refractivity (Wildman–Crippen MR) is 119 cm³/mol. The second-order valence-corrected chi connectivity index (χ2v) is 9.47. The lowest BCUT2D eigenvalue weighted by atomic mass is 10.2. The summed E-state index contributed by atoms with van der Waals surface area (Å²) in [5, 5.41) is 0.0724. The number of sulfonamides is 1. The molecule has 1 saturated heterocycles. The Morgan fingerprint density at radius 1 is 1.22 bits per heavy atom. The number of imide groups is 1. The molecule has 0 aromatic heterocycles. The van der Waals surface area contributed by atoms with E-state index in [0.717, 1.165) is 9.21 Å². The third-order valence-corrected chi connectivity index (χ3v) is 7.40. The molecule has 1 unspecified atom stereocenters. The molecular formula is C21H18Cl2N2O6S. The number of anilines is 1. The summed E-state index contributed by atoms with van der Waals surface area (Å²) in [5.74, 6) is -1.90. The van der Waals surface area contributed by atoms with Crippen LogP contribution >= 0.6 is 23.2 Å². The zero-order valence-corrected chi connectivity index (χ0v) is 19.2. The average molecular weight is 497 g/mol. The van der Waals surface area contributed by atoms with Crippen LogP contribution in [0.2, 0.25) is 10.0 Å². The highest BCUT2D eigenvalue weighted by atomic mass is 35.5. The number of hydrogen-bond acceptors (Lipinski definition) is 6. The van der Waals surface area contributed by atoms with Crippen LogP contribution in [-0.2, 0) is 24.3 Å². The summed E-state index contributed by atoms with van der Waals surface area (Å²) in [6, 6.07) is 8.26. The second-order valence-electron chi connectivity index (χ2n) is 6.76. The summed E-state index contributed by atoms with van der Waals surface area (Å²) in [7, 11) is -3.07. The lowest BCUT2D eigenvalue weighted by molar-refractivity contribution is -0.122. The number of halogens is 2. The van der Waals surface area contributed by atoms with Gasteiger partial charge in [0.1, 0.15) is 10.9 Å². The van der Waals surface area contributed by atoms with Gasteiger partial charge in [0.15, 0.2) is 0 Å². The number of amides is 2. The summed E-state index contributed by atoms with van der Waals surface area (Å²) in [5.41, 5.74) is 0.435. The molecule has 1 aliphatic heterocycles. The van der Waals surface area contributed by atoms with Crippen LogP contribution in [0.3, 0.4) is 0 Å². The third kappa shape index (κ3) is 4.42. The van der Waals surface area contributed by atoms with Crippen molar-refractivity contribution in [2.45, 2.75) is 17.4 Å². The number of esters is 1. The van der Waals surface area contributed by atoms with Crippen LogP contribution < -0.4 is 4.90 Å². The highest BCUT2D eigenvalue weighted by Gasteiger charge is 2.47. The van der Waals surface area contributed by atoms with E-state index in [9.17, 15) is 22.8 Å². The zero-order valence-electron chi connectivity index (χ0n) is 16.8. The quantitative estimate of drug-likeness (QED) is 0.331. The Labute approximate surface area is 195 Å². The molecule has 0 radical (unpaired) electrons. The minimum absolute atomic E-state index is 0.0736. The number of rotatable bonds is 7. The van der Waals surface area contributed by atoms with Gasteiger partial charge in [-0.25, -0.2) is 18.1 Å². The Bertz CT molecular complexity index is 1200. The molecule has 2 aromatic carbocycles. The third-order valence-electron chi connectivity index (χ3n) is 4.81. The molecule has 0 spiro atoms. The number of benzene rings is 2. The number of ether oxygens (including phenoxy) is 1. The monoisotopic (exact) mass is 496 g/mol. The van der Waals surface area contributed by atoms with Crippen LogP contribution in [-0.4, -0.2) is 50.2 Å². The van der Waals surface area contributed by atoms with Gasteiger partial charge in [0.2, 0.25) is 15.9 Å². The van der Waals surface area contributed by atoms with E-state index in [0.29, 0.717) is 0 Å². The molecule has 0 N–H and O–H groups in total. The summed E-state index contributed by atoms with van der Waals surface area (Å²) in [4.78, 5) is 38.0. The van der Waals surface area contributed by atoms with Gasteiger partial charge in [-0.3, -0.25) is 9.59 Å². The standard InChI is InChI=1S/C21H18Cl2N2O6S/c1-3-10-24(32(29,30)18-11-14(22)6-9-16(18)23)17-12-19(26)25(20(17)27)15-7-4-13(5-8-15)21(28)31-2/h3-9,11,17H,1,10,12H2,2H3. The first kappa shape index (κ1) is 23.9. The smallest absolute Gasteiger partial charge is 0.337 e. The van der Waals surface area contributed by atoms with Gasteiger partial charge >= 0.3 is 5.97 Å². The fourth-order valence-corrected chi connectivity index (χ4v) is 5.59. The Balaban J connectivity index is 1.98. The summed E-state index contributed by atoms with van der Waals surface area (Å²) < 4.78 is 32.2. The van der Waals surface area contributed by atoms with Crippen LogP contribution in [0.4, 0.5) is 5.69 Å². The maximum absolute atomic E-state index is 13.3. The van der Waals surface area contributed by atoms with E-state index < -0.39 is 33.8 Å². The fourth-order valence-electron chi connectivity index (χ4n) is 3.30. The van der Waals surface area contributed by atoms with E-state index in [4.69, 9.17) is 23.2 Å². The van der Waals surface area contributed by atoms with Gasteiger partial charge in [0.05, 0.1) is 29.8 Å². The van der Waals surface area contributed by atoms with Crippen LogP contribution in [0.15, 0.2) is 60.0 Å². The molecule has 8 nitrogen and oxygen atoms in total. The molecule has 1 atom stereocenters. The van der Waals surface area contributed by atoms with Crippen molar-refractivity contribution >= 4 is 56.7 Å². The van der Waals surface area contributed by atoms with Gasteiger partial charge in [-0.15, -0.1) is 6.58 Å². The Hall–Kier alpha value is -2.72. The van der Waals surface area contributed by atoms with Crippen molar-refractivity contribution in [2.24, 2.45) is 0 Å². The Morgan fingerprint density at radius 2 is 1.88 bits per heavy atom. The molecule has 1 fully saturated rings. The zero-order chi connectivity index (χ0) is 23.6. The summed E-state index contributed by atoms with van der Waals surface area (Å²) >= 11 is 12.0. The molecule has 168 valence electrons. The van der Waals surface area contributed by atoms with Crippen LogP contribution in [0.1, 0.15) is 16.8 Å². The topological polar surface area (TPSA) is 101 Å². The minimum Gasteiger partial charge on any atom is -0.465 e. The SMILES string of the molecule is C=CCN(C1CC(=O)N(c2ccc(C(=O)OC)cc2)C1=O)S(=O)(=O)c1cc(Cl)ccc1Cl. The number of hydrogen-bond donors (Lipinski definition) is 0. The molecule has 0 bridgehead atoms. The molecule has 2 aromatic rings. The van der Waals surface area contributed by atoms with Crippen molar-refractivity contribution in [3.63, 3.8) is 0 Å². The molecule has 1 heterocycles. The van der Waals surface area contributed by atoms with Gasteiger partial charge in [-0.05, 0) is 42.5 Å². The van der Waals surface area contributed by atoms with Crippen molar-refractivity contribution in [2.75, 3.05) is 18.6 Å². The maximum Gasteiger partial charge on any atom is 0.337 e. The Morgan fingerprint density at radius 3 is 2.47 bits per heavy atom. The van der Waals surface area contributed by atoms with Crippen molar-refractivity contribution in [3.05, 3.63) is 70.7 Å². The van der Waals surface area contributed by atoms with E-state index in [1.54, 1.807) is 0 Å². The van der Waals surface area contributed by atoms with Crippen molar-refractivity contribution in [3.8, 4) is 0 Å². The fraction of sp³-hybridized carbons (Fsp3) is 0.190. The second kappa shape index (κ2) is 9.41. The molecular weight excluding hydrogens is 479 g/mol. The predicted octanol–water partition coefficient (Wildman–Crippen LogP) is 3.29. The van der Waals surface area contributed by atoms with Crippen LogP contribution in [0.5, 0.6) is 0 Å².